The predicted octanol–water partition coefficient (Wildman–Crippen LogP) is 9.27. The van der Waals surface area contributed by atoms with Gasteiger partial charge in [-0.25, -0.2) is 0 Å². The minimum atomic E-state index is -0.609. The quantitative estimate of drug-likeness (QED) is 0.244. The van der Waals surface area contributed by atoms with Crippen LogP contribution in [0.3, 0.4) is 0 Å². The van der Waals surface area contributed by atoms with Crippen LogP contribution in [-0.2, 0) is 10.8 Å². The number of rotatable bonds is 4. The highest BCUT2D eigenvalue weighted by molar-refractivity contribution is 5.87. The molecular weight excluding hydrogens is 512 g/mol. The van der Waals surface area contributed by atoms with Gasteiger partial charge in [-0.1, -0.05) is 93.6 Å². The molecule has 0 saturated heterocycles. The normalized spacial score (nSPS) is 17.7. The molecule has 7 rings (SSSR count). The first-order valence-electron chi connectivity index (χ1n) is 14.7. The zero-order valence-corrected chi connectivity index (χ0v) is 24.3. The van der Waals surface area contributed by atoms with Gasteiger partial charge in [-0.05, 0) is 94.1 Å². The minimum absolute atomic E-state index is 0.0844. The Morgan fingerprint density at radius 3 is 2.26 bits per heavy atom. The lowest BCUT2D eigenvalue weighted by atomic mass is 9.70. The van der Waals surface area contributed by atoms with Crippen LogP contribution in [0.4, 0.5) is 0 Å². The SMILES string of the molecule is CC(C)(C)c1cc(-c2cccc(C3(c4ccccn4)C4=C(CCC=C4)c4ccccc43)n2)cc(-c2ccccc2O)c1. The molecule has 0 amide bonds. The van der Waals surface area contributed by atoms with Gasteiger partial charge in [0.2, 0.25) is 0 Å². The summed E-state index contributed by atoms with van der Waals surface area (Å²) in [5.74, 6) is 0.274. The maximum Gasteiger partial charge on any atom is 0.123 e. The van der Waals surface area contributed by atoms with E-state index < -0.39 is 5.41 Å². The second-order valence-corrected chi connectivity index (χ2v) is 12.3. The van der Waals surface area contributed by atoms with E-state index in [4.69, 9.17) is 9.97 Å². The highest BCUT2D eigenvalue weighted by atomic mass is 16.3. The van der Waals surface area contributed by atoms with E-state index in [1.54, 1.807) is 6.07 Å². The Bertz CT molecular complexity index is 1880. The summed E-state index contributed by atoms with van der Waals surface area (Å²) in [5.41, 5.74) is 11.4. The van der Waals surface area contributed by atoms with Crippen molar-refractivity contribution in [2.45, 2.75) is 44.4 Å². The zero-order chi connectivity index (χ0) is 28.9. The zero-order valence-electron chi connectivity index (χ0n) is 24.3. The summed E-state index contributed by atoms with van der Waals surface area (Å²) < 4.78 is 0. The number of hydrogen-bond donors (Lipinski definition) is 1. The molecule has 0 fully saturated rings. The van der Waals surface area contributed by atoms with E-state index in [1.165, 1.54) is 27.8 Å². The number of hydrogen-bond acceptors (Lipinski definition) is 3. The first kappa shape index (κ1) is 26.2. The molecule has 0 radical (unpaired) electrons. The number of pyridine rings is 2. The highest BCUT2D eigenvalue weighted by Crippen LogP contribution is 2.56. The first-order chi connectivity index (χ1) is 20.4. The Morgan fingerprint density at radius 2 is 1.48 bits per heavy atom. The van der Waals surface area contributed by atoms with Crippen molar-refractivity contribution in [3.8, 4) is 28.1 Å². The molecule has 0 saturated carbocycles. The first-order valence-corrected chi connectivity index (χ1v) is 14.7. The van der Waals surface area contributed by atoms with E-state index in [0.29, 0.717) is 0 Å². The second-order valence-electron chi connectivity index (χ2n) is 12.3. The molecule has 1 atom stereocenters. The molecular formula is C39H34N2O. The van der Waals surface area contributed by atoms with Gasteiger partial charge in [0.05, 0.1) is 17.1 Å². The molecule has 3 aromatic carbocycles. The summed E-state index contributed by atoms with van der Waals surface area (Å²) in [7, 11) is 0. The third-order valence-corrected chi connectivity index (χ3v) is 8.72. The van der Waals surface area contributed by atoms with E-state index in [9.17, 15) is 5.11 Å². The van der Waals surface area contributed by atoms with Crippen molar-refractivity contribution in [2.75, 3.05) is 0 Å². The lowest BCUT2D eigenvalue weighted by molar-refractivity contribution is 0.477. The van der Waals surface area contributed by atoms with Crippen LogP contribution in [0, 0.1) is 0 Å². The lowest BCUT2D eigenvalue weighted by Crippen LogP contribution is -2.32. The van der Waals surface area contributed by atoms with Crippen molar-refractivity contribution in [3.63, 3.8) is 0 Å². The average molecular weight is 547 g/mol. The van der Waals surface area contributed by atoms with Gasteiger partial charge in [0.1, 0.15) is 11.2 Å². The van der Waals surface area contributed by atoms with Crippen molar-refractivity contribution >= 4 is 5.57 Å². The van der Waals surface area contributed by atoms with E-state index >= 15 is 0 Å². The Morgan fingerprint density at radius 1 is 0.738 bits per heavy atom. The largest absolute Gasteiger partial charge is 0.507 e. The van der Waals surface area contributed by atoms with Gasteiger partial charge in [-0.2, -0.15) is 0 Å². The minimum Gasteiger partial charge on any atom is -0.507 e. The Labute approximate surface area is 248 Å². The fraction of sp³-hybridized carbons (Fsp3) is 0.179. The van der Waals surface area contributed by atoms with Crippen LogP contribution in [0.1, 0.15) is 61.7 Å². The van der Waals surface area contributed by atoms with Crippen molar-refractivity contribution in [3.05, 3.63) is 155 Å². The number of phenolic OH excluding ortho intramolecular Hbond substituents is 1. The van der Waals surface area contributed by atoms with Gasteiger partial charge in [-0.3, -0.25) is 9.97 Å². The van der Waals surface area contributed by atoms with Gasteiger partial charge in [0.15, 0.2) is 0 Å². The molecule has 206 valence electrons. The second kappa shape index (κ2) is 9.95. The molecule has 2 aliphatic rings. The molecule has 0 spiro atoms. The van der Waals surface area contributed by atoms with Gasteiger partial charge < -0.3 is 5.11 Å². The summed E-state index contributed by atoms with van der Waals surface area (Å²) >= 11 is 0. The van der Waals surface area contributed by atoms with Crippen molar-refractivity contribution < 1.29 is 5.11 Å². The maximum absolute atomic E-state index is 10.7. The number of aromatic hydroxyl groups is 1. The third-order valence-electron chi connectivity index (χ3n) is 8.72. The molecule has 2 heterocycles. The summed E-state index contributed by atoms with van der Waals surface area (Å²) in [6.45, 7) is 6.67. The Balaban J connectivity index is 1.49. The van der Waals surface area contributed by atoms with Crippen LogP contribution < -0.4 is 0 Å². The van der Waals surface area contributed by atoms with Gasteiger partial charge >= 0.3 is 0 Å². The van der Waals surface area contributed by atoms with E-state index in [-0.39, 0.29) is 11.2 Å². The predicted molar refractivity (Wildman–Crippen MR) is 171 cm³/mol. The van der Waals surface area contributed by atoms with Crippen LogP contribution in [0.2, 0.25) is 0 Å². The Kier molecular flexibility index (Phi) is 6.20. The number of fused-ring (bicyclic) bond motifs is 2. The number of benzene rings is 3. The monoisotopic (exact) mass is 546 g/mol. The number of para-hydroxylation sites is 1. The number of phenols is 1. The molecule has 1 N–H and O–H groups in total. The molecule has 42 heavy (non-hydrogen) atoms. The fourth-order valence-electron chi connectivity index (χ4n) is 6.67. The Hall–Kier alpha value is -4.76. The number of allylic oxidation sites excluding steroid dienone is 4. The average Bonchev–Trinajstić information content (AvgIpc) is 3.32. The smallest absolute Gasteiger partial charge is 0.123 e. The van der Waals surface area contributed by atoms with E-state index in [2.05, 4.69) is 106 Å². The fourth-order valence-corrected chi connectivity index (χ4v) is 6.67. The van der Waals surface area contributed by atoms with Crippen molar-refractivity contribution in [1.29, 1.82) is 0 Å². The van der Waals surface area contributed by atoms with E-state index in [1.807, 2.05) is 30.5 Å². The molecule has 3 nitrogen and oxygen atoms in total. The van der Waals surface area contributed by atoms with Gasteiger partial charge in [0, 0.05) is 17.3 Å². The number of nitrogens with zero attached hydrogens (tertiary/aromatic N) is 2. The molecule has 2 aromatic heterocycles. The maximum atomic E-state index is 10.7. The third kappa shape index (κ3) is 4.11. The van der Waals surface area contributed by atoms with Crippen LogP contribution in [0.5, 0.6) is 5.75 Å². The molecule has 0 aliphatic heterocycles. The van der Waals surface area contributed by atoms with Crippen LogP contribution in [-0.4, -0.2) is 15.1 Å². The molecule has 2 aliphatic carbocycles. The molecule has 0 bridgehead atoms. The highest BCUT2D eigenvalue weighted by Gasteiger charge is 2.49. The molecule has 3 heteroatoms. The van der Waals surface area contributed by atoms with Crippen molar-refractivity contribution in [1.82, 2.24) is 9.97 Å². The number of aromatic nitrogens is 2. The van der Waals surface area contributed by atoms with Crippen molar-refractivity contribution in [2.24, 2.45) is 0 Å². The van der Waals surface area contributed by atoms with Crippen LogP contribution >= 0.6 is 0 Å². The topological polar surface area (TPSA) is 46.0 Å². The summed E-state index contributed by atoms with van der Waals surface area (Å²) in [5, 5.41) is 10.7. The van der Waals surface area contributed by atoms with Crippen LogP contribution in [0.15, 0.2) is 127 Å². The summed E-state index contributed by atoms with van der Waals surface area (Å²) in [4.78, 5) is 10.4. The van der Waals surface area contributed by atoms with Gasteiger partial charge in [-0.15, -0.1) is 0 Å². The molecule has 5 aromatic rings. The summed E-state index contributed by atoms with van der Waals surface area (Å²) in [6.07, 6.45) is 8.53. The lowest BCUT2D eigenvalue weighted by Gasteiger charge is -2.33. The summed E-state index contributed by atoms with van der Waals surface area (Å²) in [6, 6.07) is 35.5. The van der Waals surface area contributed by atoms with Gasteiger partial charge in [0.25, 0.3) is 0 Å². The van der Waals surface area contributed by atoms with Crippen LogP contribution in [0.25, 0.3) is 28.0 Å². The molecule has 1 unspecified atom stereocenters. The van der Waals surface area contributed by atoms with E-state index in [0.717, 1.165) is 46.6 Å². The standard InChI is InChI=1S/C39H34N2O/c1-38(2,3)28-24-26(29-13-6-9-19-35(29)42)23-27(25-28)34-18-12-21-37(41-34)39(36-20-10-11-22-40-36)32-16-7-4-14-30(32)31-15-5-8-17-33(31)39/h4,6-14,16-25,42H,5,15H2,1-3H3.